The van der Waals surface area contributed by atoms with Crippen molar-refractivity contribution in [2.45, 2.75) is 39.9 Å². The van der Waals surface area contributed by atoms with Crippen LogP contribution in [0.25, 0.3) is 10.4 Å². The Balaban J connectivity index is 1.89. The summed E-state index contributed by atoms with van der Waals surface area (Å²) in [4.78, 5) is 38.4. The van der Waals surface area contributed by atoms with Crippen molar-refractivity contribution in [2.24, 2.45) is 0 Å². The number of thiophene rings is 1. The summed E-state index contributed by atoms with van der Waals surface area (Å²) in [6.07, 6.45) is -0.681. The van der Waals surface area contributed by atoms with Crippen LogP contribution in [0.3, 0.4) is 0 Å². The van der Waals surface area contributed by atoms with E-state index in [0.29, 0.717) is 16.3 Å². The first-order valence-corrected chi connectivity index (χ1v) is 12.7. The molecule has 2 aromatic carbocycles. The summed E-state index contributed by atoms with van der Waals surface area (Å²) in [7, 11) is 1.31. The Bertz CT molecular complexity index is 1260. The fourth-order valence-corrected chi connectivity index (χ4v) is 4.60. The maximum absolute atomic E-state index is 12.6. The molecule has 2 N–H and O–H groups in total. The molecule has 0 spiro atoms. The van der Waals surface area contributed by atoms with Gasteiger partial charge in [-0.3, -0.25) is 0 Å². The largest absolute Gasteiger partial charge is 0.465 e. The molecule has 0 saturated heterocycles. The number of benzene rings is 2. The molecule has 0 saturated carbocycles. The average Bonchev–Trinajstić information content (AvgIpc) is 3.26. The molecule has 0 fully saturated rings. The fraction of sp³-hybridized carbons (Fsp3) is 0.259. The van der Waals surface area contributed by atoms with E-state index in [9.17, 15) is 14.4 Å². The van der Waals surface area contributed by atoms with Gasteiger partial charge in [0.25, 0.3) is 0 Å². The van der Waals surface area contributed by atoms with Crippen LogP contribution < -0.4 is 10.6 Å². The normalized spacial score (nSPS) is 10.7. The number of esters is 3. The van der Waals surface area contributed by atoms with Gasteiger partial charge in [0.1, 0.15) is 5.00 Å². The number of thiocarbonyl (C=S) groups is 1. The van der Waals surface area contributed by atoms with Crippen LogP contribution >= 0.6 is 23.6 Å². The minimum atomic E-state index is -0.588. The van der Waals surface area contributed by atoms with Crippen molar-refractivity contribution in [1.82, 2.24) is 0 Å². The highest BCUT2D eigenvalue weighted by Crippen LogP contribution is 2.36. The number of anilines is 2. The van der Waals surface area contributed by atoms with Crippen LogP contribution in [0, 0.1) is 0 Å². The highest BCUT2D eigenvalue weighted by molar-refractivity contribution is 7.80. The van der Waals surface area contributed by atoms with Crippen LogP contribution in [-0.2, 0) is 14.2 Å². The van der Waals surface area contributed by atoms with Gasteiger partial charge in [-0.05, 0) is 69.7 Å². The van der Waals surface area contributed by atoms with Gasteiger partial charge in [0.2, 0.25) is 0 Å². The summed E-state index contributed by atoms with van der Waals surface area (Å²) in [6.45, 7) is 6.93. The second-order valence-electron chi connectivity index (χ2n) is 8.50. The van der Waals surface area contributed by atoms with E-state index in [-0.39, 0.29) is 28.4 Å². The lowest BCUT2D eigenvalue weighted by Gasteiger charge is -2.15. The molecular formula is C27H28N2O6S2. The second-order valence-corrected chi connectivity index (χ2v) is 9.96. The molecule has 0 aliphatic rings. The predicted octanol–water partition coefficient (Wildman–Crippen LogP) is 6.14. The van der Waals surface area contributed by atoms with Gasteiger partial charge in [-0.15, -0.1) is 11.3 Å². The van der Waals surface area contributed by atoms with Crippen molar-refractivity contribution in [3.63, 3.8) is 0 Å². The second kappa shape index (κ2) is 12.5. The summed E-state index contributed by atoms with van der Waals surface area (Å²) in [6, 6.07) is 15.8. The van der Waals surface area contributed by atoms with Crippen molar-refractivity contribution >= 4 is 57.3 Å². The lowest BCUT2D eigenvalue weighted by Crippen LogP contribution is -2.21. The topological polar surface area (TPSA) is 103 Å². The lowest BCUT2D eigenvalue weighted by atomic mass is 10.1. The molecule has 0 aliphatic carbocycles. The maximum atomic E-state index is 12.6. The summed E-state index contributed by atoms with van der Waals surface area (Å²) in [5.74, 6) is -1.69. The number of hydrogen-bond donors (Lipinski definition) is 2. The third-order valence-electron chi connectivity index (χ3n) is 4.77. The van der Waals surface area contributed by atoms with Crippen molar-refractivity contribution < 1.29 is 28.6 Å². The van der Waals surface area contributed by atoms with E-state index in [1.807, 2.05) is 30.3 Å². The number of hydrogen-bond acceptors (Lipinski definition) is 8. The highest BCUT2D eigenvalue weighted by atomic mass is 32.1. The zero-order valence-electron chi connectivity index (χ0n) is 21.1. The number of ether oxygens (including phenoxy) is 3. The molecule has 1 heterocycles. The maximum Gasteiger partial charge on any atom is 0.340 e. The zero-order chi connectivity index (χ0) is 27.1. The van der Waals surface area contributed by atoms with Gasteiger partial charge in [0, 0.05) is 10.6 Å². The number of carbonyl (C=O) groups is 3. The van der Waals surface area contributed by atoms with E-state index < -0.39 is 17.9 Å². The number of rotatable bonds is 8. The molecule has 0 atom stereocenters. The minimum Gasteiger partial charge on any atom is -0.465 e. The molecule has 8 nitrogen and oxygen atoms in total. The smallest absolute Gasteiger partial charge is 0.340 e. The van der Waals surface area contributed by atoms with Crippen LogP contribution in [-0.4, -0.2) is 42.3 Å². The van der Waals surface area contributed by atoms with Crippen LogP contribution in [0.4, 0.5) is 10.7 Å². The van der Waals surface area contributed by atoms with Crippen molar-refractivity contribution in [1.29, 1.82) is 0 Å². The summed E-state index contributed by atoms with van der Waals surface area (Å²) in [5, 5.41) is 6.64. The summed E-state index contributed by atoms with van der Waals surface area (Å²) >= 11 is 6.82. The average molecular weight is 541 g/mol. The van der Waals surface area contributed by atoms with Crippen molar-refractivity contribution in [2.75, 3.05) is 17.7 Å². The molecule has 0 unspecified atom stereocenters. The van der Waals surface area contributed by atoms with Gasteiger partial charge < -0.3 is 24.8 Å². The molecule has 194 valence electrons. The molecule has 0 amide bonds. The van der Waals surface area contributed by atoms with E-state index in [2.05, 4.69) is 10.6 Å². The number of carbonyl (C=O) groups excluding carboxylic acids is 3. The van der Waals surface area contributed by atoms with Gasteiger partial charge in [-0.2, -0.15) is 0 Å². The molecule has 3 rings (SSSR count). The molecule has 10 heteroatoms. The molecule has 0 bridgehead atoms. The Labute approximate surface area is 224 Å². The fourth-order valence-electron chi connectivity index (χ4n) is 3.26. The van der Waals surface area contributed by atoms with E-state index in [0.717, 1.165) is 10.4 Å². The predicted molar refractivity (Wildman–Crippen MR) is 148 cm³/mol. The summed E-state index contributed by atoms with van der Waals surface area (Å²) < 4.78 is 15.5. The van der Waals surface area contributed by atoms with E-state index >= 15 is 0 Å². The third-order valence-corrected chi connectivity index (χ3v) is 6.07. The Kier molecular flexibility index (Phi) is 9.37. The van der Waals surface area contributed by atoms with Crippen LogP contribution in [0.1, 0.15) is 58.8 Å². The number of nitrogens with one attached hydrogen (secondary N) is 2. The zero-order valence-corrected chi connectivity index (χ0v) is 22.7. The molecule has 3 aromatic rings. The molecule has 0 aliphatic heterocycles. The standard InChI is InChI=1S/C27H28N2O6S2/c1-15(2)34-24(30)18-11-19(25(31)35-16(3)4)13-20(12-18)28-27(36)29-23-21(26(32)33-5)14-22(37-23)17-9-7-6-8-10-17/h6-16H,1-5H3,(H2,28,29,36). The molecule has 1 aromatic heterocycles. The highest BCUT2D eigenvalue weighted by Gasteiger charge is 2.20. The van der Waals surface area contributed by atoms with Gasteiger partial charge in [-0.25, -0.2) is 14.4 Å². The number of methoxy groups -OCH3 is 1. The first-order chi connectivity index (χ1) is 17.6. The van der Waals surface area contributed by atoms with Gasteiger partial charge in [-0.1, -0.05) is 30.3 Å². The molecule has 37 heavy (non-hydrogen) atoms. The Morgan fingerprint density at radius 2 is 1.38 bits per heavy atom. The first-order valence-electron chi connectivity index (χ1n) is 11.5. The quantitative estimate of drug-likeness (QED) is 0.198. The Morgan fingerprint density at radius 1 is 0.811 bits per heavy atom. The van der Waals surface area contributed by atoms with Crippen LogP contribution in [0.15, 0.2) is 54.6 Å². The SMILES string of the molecule is COC(=O)c1cc(-c2ccccc2)sc1NC(=S)Nc1cc(C(=O)OC(C)C)cc(C(=O)OC(C)C)c1. The minimum absolute atomic E-state index is 0.143. The Morgan fingerprint density at radius 3 is 1.89 bits per heavy atom. The molecular weight excluding hydrogens is 512 g/mol. The van der Waals surface area contributed by atoms with Gasteiger partial charge >= 0.3 is 17.9 Å². The van der Waals surface area contributed by atoms with Gasteiger partial charge in [0.05, 0.1) is 36.0 Å². The van der Waals surface area contributed by atoms with Crippen molar-refractivity contribution in [3.8, 4) is 10.4 Å². The first kappa shape index (κ1) is 27.8. The van der Waals surface area contributed by atoms with Crippen molar-refractivity contribution in [3.05, 3.63) is 71.3 Å². The van der Waals surface area contributed by atoms with Gasteiger partial charge in [0.15, 0.2) is 5.11 Å². The third kappa shape index (κ3) is 7.61. The lowest BCUT2D eigenvalue weighted by molar-refractivity contribution is 0.0377. The van der Waals surface area contributed by atoms with Crippen LogP contribution in [0.2, 0.25) is 0 Å². The Hall–Kier alpha value is -3.76. The van der Waals surface area contributed by atoms with E-state index in [1.165, 1.54) is 36.6 Å². The monoisotopic (exact) mass is 540 g/mol. The summed E-state index contributed by atoms with van der Waals surface area (Å²) in [5.41, 5.74) is 1.95. The van der Waals surface area contributed by atoms with Crippen LogP contribution in [0.5, 0.6) is 0 Å². The molecule has 0 radical (unpaired) electrons. The van der Waals surface area contributed by atoms with E-state index in [1.54, 1.807) is 33.8 Å². The van der Waals surface area contributed by atoms with E-state index in [4.69, 9.17) is 26.4 Å².